The Morgan fingerprint density at radius 3 is 2.62 bits per heavy atom. The number of nitrogens with one attached hydrogen (secondary N) is 1. The number of anilines is 1. The number of pyridine rings is 1. The third-order valence-corrected chi connectivity index (χ3v) is 3.29. The molecule has 5 heteroatoms. The van der Waals surface area contributed by atoms with Crippen LogP contribution in [0.3, 0.4) is 0 Å². The van der Waals surface area contributed by atoms with Crippen molar-refractivity contribution in [2.24, 2.45) is 0 Å². The maximum atomic E-state index is 11.6. The Balaban J connectivity index is 2.17. The van der Waals surface area contributed by atoms with E-state index in [1.165, 1.54) is 0 Å². The van der Waals surface area contributed by atoms with Crippen molar-refractivity contribution in [3.8, 4) is 11.5 Å². The molecule has 0 spiro atoms. The second kappa shape index (κ2) is 6.83. The van der Waals surface area contributed by atoms with E-state index in [1.54, 1.807) is 30.9 Å². The van der Waals surface area contributed by atoms with Crippen LogP contribution in [0.1, 0.15) is 12.5 Å². The number of methoxy groups -OCH3 is 2. The van der Waals surface area contributed by atoms with E-state index < -0.39 is 0 Å². The van der Waals surface area contributed by atoms with Gasteiger partial charge in [-0.25, -0.2) is 0 Å². The van der Waals surface area contributed by atoms with Crippen molar-refractivity contribution < 1.29 is 9.47 Å². The molecule has 0 unspecified atom stereocenters. The maximum Gasteiger partial charge on any atom is 0.250 e. The summed E-state index contributed by atoms with van der Waals surface area (Å²) in [5, 5.41) is 3.29. The van der Waals surface area contributed by atoms with Gasteiger partial charge in [0.05, 0.1) is 19.9 Å². The summed E-state index contributed by atoms with van der Waals surface area (Å²) in [6.07, 6.45) is 1.81. The zero-order valence-corrected chi connectivity index (χ0v) is 12.6. The summed E-state index contributed by atoms with van der Waals surface area (Å²) >= 11 is 0. The van der Waals surface area contributed by atoms with Crippen molar-refractivity contribution in [3.05, 3.63) is 52.4 Å². The van der Waals surface area contributed by atoms with Crippen LogP contribution in [0.5, 0.6) is 11.5 Å². The molecule has 2 rings (SSSR count). The molecule has 0 saturated carbocycles. The van der Waals surface area contributed by atoms with Gasteiger partial charge in [-0.1, -0.05) is 0 Å². The Bertz CT molecular complexity index is 665. The molecule has 2 aromatic rings. The van der Waals surface area contributed by atoms with Crippen molar-refractivity contribution >= 4 is 5.69 Å². The molecule has 0 aliphatic rings. The average Bonchev–Trinajstić information content (AvgIpc) is 2.53. The van der Waals surface area contributed by atoms with E-state index in [0.717, 1.165) is 22.7 Å². The number of hydrogen-bond donors (Lipinski definition) is 1. The minimum absolute atomic E-state index is 0.00186. The molecule has 112 valence electrons. The number of benzene rings is 1. The third-order valence-electron chi connectivity index (χ3n) is 3.29. The first-order valence-corrected chi connectivity index (χ1v) is 6.83. The summed E-state index contributed by atoms with van der Waals surface area (Å²) in [5.74, 6) is 1.58. The zero-order chi connectivity index (χ0) is 15.2. The van der Waals surface area contributed by atoms with Crippen LogP contribution in [0, 0.1) is 0 Å². The number of ether oxygens (including phenoxy) is 2. The molecule has 0 aliphatic carbocycles. The number of aromatic nitrogens is 1. The molecular weight excluding hydrogens is 268 g/mol. The second-order valence-electron chi connectivity index (χ2n) is 4.57. The van der Waals surface area contributed by atoms with Gasteiger partial charge >= 0.3 is 0 Å². The fraction of sp³-hybridized carbons (Fsp3) is 0.312. The standard InChI is InChI=1S/C16H20N2O3/c1-4-18-11-13(5-8-16(18)19)17-10-12-9-14(20-2)6-7-15(12)21-3/h5-9,11,17H,4,10H2,1-3H3. The molecule has 0 bridgehead atoms. The van der Waals surface area contributed by atoms with Crippen molar-refractivity contribution in [1.29, 1.82) is 0 Å². The van der Waals surface area contributed by atoms with Crippen LogP contribution in [0.2, 0.25) is 0 Å². The first kappa shape index (κ1) is 15.0. The van der Waals surface area contributed by atoms with Gasteiger partial charge in [-0.2, -0.15) is 0 Å². The van der Waals surface area contributed by atoms with E-state index in [0.29, 0.717) is 13.1 Å². The third kappa shape index (κ3) is 3.56. The Morgan fingerprint density at radius 2 is 1.95 bits per heavy atom. The lowest BCUT2D eigenvalue weighted by atomic mass is 10.2. The van der Waals surface area contributed by atoms with Crippen LogP contribution in [0.4, 0.5) is 5.69 Å². The summed E-state index contributed by atoms with van der Waals surface area (Å²) in [4.78, 5) is 11.6. The summed E-state index contributed by atoms with van der Waals surface area (Å²) in [5.41, 5.74) is 1.88. The van der Waals surface area contributed by atoms with Crippen LogP contribution >= 0.6 is 0 Å². The quantitative estimate of drug-likeness (QED) is 0.887. The van der Waals surface area contributed by atoms with E-state index in [4.69, 9.17) is 9.47 Å². The van der Waals surface area contributed by atoms with Crippen LogP contribution in [-0.2, 0) is 13.1 Å². The van der Waals surface area contributed by atoms with Gasteiger partial charge in [0.2, 0.25) is 0 Å². The fourth-order valence-corrected chi connectivity index (χ4v) is 2.10. The van der Waals surface area contributed by atoms with Crippen molar-refractivity contribution in [2.45, 2.75) is 20.0 Å². The lowest BCUT2D eigenvalue weighted by Gasteiger charge is -2.13. The summed E-state index contributed by atoms with van der Waals surface area (Å²) in [7, 11) is 3.28. The Labute approximate surface area is 124 Å². The maximum absolute atomic E-state index is 11.6. The normalized spacial score (nSPS) is 10.2. The van der Waals surface area contributed by atoms with E-state index in [-0.39, 0.29) is 5.56 Å². The van der Waals surface area contributed by atoms with Crippen molar-refractivity contribution in [3.63, 3.8) is 0 Å². The highest BCUT2D eigenvalue weighted by Gasteiger charge is 2.05. The first-order valence-electron chi connectivity index (χ1n) is 6.83. The molecule has 21 heavy (non-hydrogen) atoms. The van der Waals surface area contributed by atoms with Gasteiger partial charge in [0.1, 0.15) is 11.5 Å². The average molecular weight is 288 g/mol. The van der Waals surface area contributed by atoms with Crippen LogP contribution in [0.15, 0.2) is 41.3 Å². The molecule has 0 amide bonds. The molecule has 0 atom stereocenters. The number of hydrogen-bond acceptors (Lipinski definition) is 4. The Kier molecular flexibility index (Phi) is 4.87. The van der Waals surface area contributed by atoms with Gasteiger partial charge in [0, 0.05) is 30.9 Å². The molecule has 0 aliphatic heterocycles. The monoisotopic (exact) mass is 288 g/mol. The van der Waals surface area contributed by atoms with Gasteiger partial charge < -0.3 is 19.4 Å². The molecular formula is C16H20N2O3. The molecule has 0 saturated heterocycles. The molecule has 0 radical (unpaired) electrons. The lowest BCUT2D eigenvalue weighted by molar-refractivity contribution is 0.399. The fourth-order valence-electron chi connectivity index (χ4n) is 2.10. The van der Waals surface area contributed by atoms with Gasteiger partial charge in [0.15, 0.2) is 0 Å². The number of nitrogens with zero attached hydrogens (tertiary/aromatic N) is 1. The van der Waals surface area contributed by atoms with E-state index >= 15 is 0 Å². The van der Waals surface area contributed by atoms with Gasteiger partial charge in [0.25, 0.3) is 5.56 Å². The minimum atomic E-state index is 0.00186. The zero-order valence-electron chi connectivity index (χ0n) is 12.6. The predicted molar refractivity (Wildman–Crippen MR) is 83.2 cm³/mol. The summed E-state index contributed by atoms with van der Waals surface area (Å²) in [6.45, 7) is 3.18. The van der Waals surface area contributed by atoms with Gasteiger partial charge in [-0.05, 0) is 31.2 Å². The highest BCUT2D eigenvalue weighted by molar-refractivity contribution is 5.45. The lowest BCUT2D eigenvalue weighted by Crippen LogP contribution is -2.17. The van der Waals surface area contributed by atoms with Crippen molar-refractivity contribution in [1.82, 2.24) is 4.57 Å². The second-order valence-corrected chi connectivity index (χ2v) is 4.57. The van der Waals surface area contributed by atoms with Crippen LogP contribution < -0.4 is 20.3 Å². The number of rotatable bonds is 6. The highest BCUT2D eigenvalue weighted by Crippen LogP contribution is 2.24. The molecule has 1 aromatic carbocycles. The molecule has 1 heterocycles. The van der Waals surface area contributed by atoms with E-state index in [2.05, 4.69) is 5.32 Å². The van der Waals surface area contributed by atoms with Gasteiger partial charge in [-0.15, -0.1) is 0 Å². The molecule has 5 nitrogen and oxygen atoms in total. The topological polar surface area (TPSA) is 52.5 Å². The summed E-state index contributed by atoms with van der Waals surface area (Å²) < 4.78 is 12.2. The van der Waals surface area contributed by atoms with E-state index in [1.807, 2.05) is 31.3 Å². The Hall–Kier alpha value is -2.43. The van der Waals surface area contributed by atoms with Crippen molar-refractivity contribution in [2.75, 3.05) is 19.5 Å². The van der Waals surface area contributed by atoms with E-state index in [9.17, 15) is 4.79 Å². The number of aryl methyl sites for hydroxylation is 1. The SMILES string of the molecule is CCn1cc(NCc2cc(OC)ccc2OC)ccc1=O. The predicted octanol–water partition coefficient (Wildman–Crippen LogP) is 2.50. The molecule has 1 aromatic heterocycles. The Morgan fingerprint density at radius 1 is 1.14 bits per heavy atom. The van der Waals surface area contributed by atoms with Crippen LogP contribution in [0.25, 0.3) is 0 Å². The summed E-state index contributed by atoms with van der Waals surface area (Å²) in [6, 6.07) is 9.01. The smallest absolute Gasteiger partial charge is 0.250 e. The largest absolute Gasteiger partial charge is 0.497 e. The van der Waals surface area contributed by atoms with Crippen LogP contribution in [-0.4, -0.2) is 18.8 Å². The highest BCUT2D eigenvalue weighted by atomic mass is 16.5. The molecule has 0 fully saturated rings. The minimum Gasteiger partial charge on any atom is -0.497 e. The van der Waals surface area contributed by atoms with Gasteiger partial charge in [-0.3, -0.25) is 4.79 Å². The molecule has 1 N–H and O–H groups in total. The first-order chi connectivity index (χ1) is 10.2.